The van der Waals surface area contributed by atoms with Crippen molar-refractivity contribution >= 4 is 0 Å². The smallest absolute Gasteiger partial charge is 0.119 e. The van der Waals surface area contributed by atoms with E-state index in [2.05, 4.69) is 0 Å². The van der Waals surface area contributed by atoms with Crippen LogP contribution in [0, 0.1) is 0 Å². The van der Waals surface area contributed by atoms with Gasteiger partial charge >= 0.3 is 0 Å². The van der Waals surface area contributed by atoms with Gasteiger partial charge in [0.05, 0.1) is 0 Å². The van der Waals surface area contributed by atoms with Gasteiger partial charge in [0.25, 0.3) is 0 Å². The number of benzene rings is 4. The molecule has 0 saturated carbocycles. The Morgan fingerprint density at radius 2 is 0.742 bits per heavy atom. The third-order valence-corrected chi connectivity index (χ3v) is 5.81. The molecule has 4 rings (SSSR count). The van der Waals surface area contributed by atoms with E-state index in [1.54, 1.807) is 48.5 Å². The second kappa shape index (κ2) is 8.44. The fraction of sp³-hybridized carbons (Fsp3) is 0.111. The van der Waals surface area contributed by atoms with Gasteiger partial charge in [-0.05, 0) is 48.2 Å². The van der Waals surface area contributed by atoms with Crippen LogP contribution in [0.5, 0.6) is 23.0 Å². The van der Waals surface area contributed by atoms with Crippen LogP contribution in [0.15, 0.2) is 97.1 Å². The van der Waals surface area contributed by atoms with Crippen LogP contribution in [0.1, 0.15) is 22.3 Å². The molecule has 0 amide bonds. The van der Waals surface area contributed by atoms with Gasteiger partial charge in [0, 0.05) is 16.5 Å². The van der Waals surface area contributed by atoms with E-state index in [9.17, 15) is 20.4 Å². The van der Waals surface area contributed by atoms with E-state index in [4.69, 9.17) is 0 Å². The van der Waals surface area contributed by atoms with E-state index in [-0.39, 0.29) is 23.0 Å². The van der Waals surface area contributed by atoms with E-state index in [0.29, 0.717) is 35.1 Å². The predicted molar refractivity (Wildman–Crippen MR) is 121 cm³/mol. The zero-order chi connectivity index (χ0) is 21.8. The molecule has 0 aromatic heterocycles. The maximum absolute atomic E-state index is 10.9. The van der Waals surface area contributed by atoms with Gasteiger partial charge in [-0.15, -0.1) is 0 Å². The summed E-state index contributed by atoms with van der Waals surface area (Å²) in [5.41, 5.74) is 1.58. The van der Waals surface area contributed by atoms with Gasteiger partial charge in [0.15, 0.2) is 0 Å². The molecule has 0 fully saturated rings. The lowest BCUT2D eigenvalue weighted by Gasteiger charge is -2.37. The standard InChI is InChI=1S/C27H24O4/c28-23-13-5-1-9-19(23)17-27(21-11-3-7-15-25(21)30,22-12-4-8-16-26(22)31)18-20-10-2-6-14-24(20)29/h1-16,28-31H,17-18H2. The lowest BCUT2D eigenvalue weighted by Crippen LogP contribution is -2.33. The Bertz CT molecular complexity index is 1100. The molecule has 4 aromatic carbocycles. The third kappa shape index (κ3) is 3.92. The van der Waals surface area contributed by atoms with Crippen LogP contribution < -0.4 is 0 Å². The summed E-state index contributed by atoms with van der Waals surface area (Å²) in [4.78, 5) is 0. The largest absolute Gasteiger partial charge is 0.508 e. The Morgan fingerprint density at radius 3 is 1.10 bits per heavy atom. The molecule has 0 atom stereocenters. The molecule has 0 aliphatic carbocycles. The third-order valence-electron chi connectivity index (χ3n) is 5.81. The average molecular weight is 412 g/mol. The van der Waals surface area contributed by atoms with Gasteiger partial charge in [-0.2, -0.15) is 0 Å². The lowest BCUT2D eigenvalue weighted by atomic mass is 9.66. The van der Waals surface area contributed by atoms with Crippen molar-refractivity contribution in [2.75, 3.05) is 0 Å². The first kappa shape index (κ1) is 20.4. The van der Waals surface area contributed by atoms with Crippen molar-refractivity contribution in [3.63, 3.8) is 0 Å². The van der Waals surface area contributed by atoms with Gasteiger partial charge in [-0.3, -0.25) is 0 Å². The predicted octanol–water partition coefficient (Wildman–Crippen LogP) is 5.28. The van der Waals surface area contributed by atoms with Crippen molar-refractivity contribution in [2.24, 2.45) is 0 Å². The van der Waals surface area contributed by atoms with Crippen LogP contribution in [0.4, 0.5) is 0 Å². The summed E-state index contributed by atoms with van der Waals surface area (Å²) in [5, 5.41) is 42.9. The molecule has 4 N–H and O–H groups in total. The van der Waals surface area contributed by atoms with Crippen LogP contribution in [0.25, 0.3) is 0 Å². The number of hydrogen-bond donors (Lipinski definition) is 4. The number of rotatable bonds is 6. The first-order valence-corrected chi connectivity index (χ1v) is 10.1. The SMILES string of the molecule is Oc1ccccc1CC(Cc1ccccc1O)(c1ccccc1O)c1ccccc1O. The highest BCUT2D eigenvalue weighted by Crippen LogP contribution is 2.47. The van der Waals surface area contributed by atoms with Gasteiger partial charge in [0.2, 0.25) is 0 Å². The fourth-order valence-corrected chi connectivity index (χ4v) is 4.32. The summed E-state index contributed by atoms with van der Waals surface area (Å²) in [6, 6.07) is 28.1. The van der Waals surface area contributed by atoms with E-state index in [0.717, 1.165) is 0 Å². The molecule has 0 unspecified atom stereocenters. The number of para-hydroxylation sites is 4. The zero-order valence-electron chi connectivity index (χ0n) is 16.9. The number of phenols is 4. The van der Waals surface area contributed by atoms with Gasteiger partial charge in [-0.25, -0.2) is 0 Å². The zero-order valence-corrected chi connectivity index (χ0v) is 16.9. The Hall–Kier alpha value is -3.92. The van der Waals surface area contributed by atoms with Crippen molar-refractivity contribution in [3.8, 4) is 23.0 Å². The minimum absolute atomic E-state index is 0.0802. The minimum atomic E-state index is -0.964. The van der Waals surface area contributed by atoms with Gasteiger partial charge in [-0.1, -0.05) is 72.8 Å². The highest BCUT2D eigenvalue weighted by atomic mass is 16.3. The maximum atomic E-state index is 10.9. The monoisotopic (exact) mass is 412 g/mol. The molecule has 4 heteroatoms. The summed E-state index contributed by atoms with van der Waals surface area (Å²) in [7, 11) is 0. The molecule has 4 nitrogen and oxygen atoms in total. The molecule has 0 aliphatic rings. The minimum Gasteiger partial charge on any atom is -0.508 e. The van der Waals surface area contributed by atoms with E-state index in [1.807, 2.05) is 48.5 Å². The summed E-state index contributed by atoms with van der Waals surface area (Å²) in [6.07, 6.45) is 0.590. The summed E-state index contributed by atoms with van der Waals surface area (Å²) in [6.45, 7) is 0. The molecular formula is C27H24O4. The van der Waals surface area contributed by atoms with Crippen molar-refractivity contribution in [1.82, 2.24) is 0 Å². The van der Waals surface area contributed by atoms with E-state index in [1.165, 1.54) is 0 Å². The normalized spacial score (nSPS) is 11.4. The Morgan fingerprint density at radius 1 is 0.419 bits per heavy atom. The molecule has 0 aliphatic heterocycles. The average Bonchev–Trinajstić information content (AvgIpc) is 2.77. The number of aromatic hydroxyl groups is 4. The highest BCUT2D eigenvalue weighted by Gasteiger charge is 2.40. The number of phenolic OH excluding ortho intramolecular Hbond substituents is 4. The quantitative estimate of drug-likeness (QED) is 0.347. The Balaban J connectivity index is 2.03. The summed E-state index contributed by atoms with van der Waals surface area (Å²) in [5.74, 6) is 0.429. The van der Waals surface area contributed by atoms with Crippen LogP contribution in [0.2, 0.25) is 0 Å². The second-order valence-electron chi connectivity index (χ2n) is 7.73. The molecule has 0 bridgehead atoms. The first-order valence-electron chi connectivity index (χ1n) is 10.1. The van der Waals surface area contributed by atoms with E-state index < -0.39 is 5.41 Å². The van der Waals surface area contributed by atoms with Crippen LogP contribution in [0.3, 0.4) is 0 Å². The molecule has 156 valence electrons. The molecule has 4 aromatic rings. The highest BCUT2D eigenvalue weighted by molar-refractivity contribution is 5.55. The molecule has 0 spiro atoms. The number of hydrogen-bond acceptors (Lipinski definition) is 4. The van der Waals surface area contributed by atoms with Gasteiger partial charge < -0.3 is 20.4 Å². The lowest BCUT2D eigenvalue weighted by molar-refractivity contribution is 0.394. The summed E-state index contributed by atoms with van der Waals surface area (Å²) < 4.78 is 0. The topological polar surface area (TPSA) is 80.9 Å². The van der Waals surface area contributed by atoms with Crippen LogP contribution in [-0.4, -0.2) is 20.4 Å². The van der Waals surface area contributed by atoms with Crippen molar-refractivity contribution in [1.29, 1.82) is 0 Å². The Kier molecular flexibility index (Phi) is 5.54. The molecule has 0 heterocycles. The van der Waals surface area contributed by atoms with Crippen LogP contribution >= 0.6 is 0 Å². The maximum Gasteiger partial charge on any atom is 0.119 e. The van der Waals surface area contributed by atoms with Crippen molar-refractivity contribution < 1.29 is 20.4 Å². The fourth-order valence-electron chi connectivity index (χ4n) is 4.32. The summed E-state index contributed by atoms with van der Waals surface area (Å²) >= 11 is 0. The van der Waals surface area contributed by atoms with Crippen molar-refractivity contribution in [3.05, 3.63) is 119 Å². The van der Waals surface area contributed by atoms with Gasteiger partial charge in [0.1, 0.15) is 23.0 Å². The Labute approximate surface area is 181 Å². The van der Waals surface area contributed by atoms with Crippen LogP contribution in [-0.2, 0) is 18.3 Å². The second-order valence-corrected chi connectivity index (χ2v) is 7.73. The molecule has 0 saturated heterocycles. The molecular weight excluding hydrogens is 388 g/mol. The molecule has 31 heavy (non-hydrogen) atoms. The van der Waals surface area contributed by atoms with E-state index >= 15 is 0 Å². The first-order chi connectivity index (χ1) is 15.0. The van der Waals surface area contributed by atoms with Crippen molar-refractivity contribution in [2.45, 2.75) is 18.3 Å². The molecule has 0 radical (unpaired) electrons.